The third-order valence-electron chi connectivity index (χ3n) is 4.14. The number of aromatic nitrogens is 5. The molecular weight excluding hydrogens is 475 g/mol. The molecule has 0 fully saturated rings. The molecule has 2 aromatic heterocycles. The van der Waals surface area contributed by atoms with E-state index in [1.54, 1.807) is 18.2 Å². The molecule has 0 aliphatic heterocycles. The lowest BCUT2D eigenvalue weighted by atomic mass is 10.2. The number of halogens is 2. The quantitative estimate of drug-likeness (QED) is 0.228. The zero-order valence-electron chi connectivity index (χ0n) is 16.1. The van der Waals surface area contributed by atoms with E-state index in [1.165, 1.54) is 22.7 Å². The molecule has 13 heteroatoms. The second kappa shape index (κ2) is 9.81. The zero-order chi connectivity index (χ0) is 22.5. The number of carbonyl (C=O) groups excluding carboxylic acids is 1. The van der Waals surface area contributed by atoms with Crippen molar-refractivity contribution in [2.75, 3.05) is 5.73 Å². The SMILES string of the molecule is Nc1nonc1-n1nnc(C(=O)NN=Cc2cccc(Cl)c2Cl)c1CSc1ccccc1. The van der Waals surface area contributed by atoms with E-state index in [9.17, 15) is 4.79 Å². The van der Waals surface area contributed by atoms with Crippen molar-refractivity contribution in [1.82, 2.24) is 30.7 Å². The predicted molar refractivity (Wildman–Crippen MR) is 121 cm³/mol. The maximum Gasteiger partial charge on any atom is 0.293 e. The molecule has 162 valence electrons. The monoisotopic (exact) mass is 488 g/mol. The number of hydrazone groups is 1. The van der Waals surface area contributed by atoms with Crippen molar-refractivity contribution in [2.24, 2.45) is 5.10 Å². The van der Waals surface area contributed by atoms with Crippen molar-refractivity contribution >= 4 is 52.9 Å². The second-order valence-electron chi connectivity index (χ2n) is 6.21. The smallest absolute Gasteiger partial charge is 0.293 e. The Labute approximate surface area is 195 Å². The number of thioether (sulfide) groups is 1. The highest BCUT2D eigenvalue weighted by Gasteiger charge is 2.24. The van der Waals surface area contributed by atoms with Crippen LogP contribution in [-0.4, -0.2) is 37.4 Å². The number of nitrogens with zero attached hydrogens (tertiary/aromatic N) is 6. The van der Waals surface area contributed by atoms with Gasteiger partial charge in [-0.15, -0.1) is 16.9 Å². The summed E-state index contributed by atoms with van der Waals surface area (Å²) in [5.74, 6) is -0.0872. The molecule has 32 heavy (non-hydrogen) atoms. The molecule has 3 N–H and O–H groups in total. The van der Waals surface area contributed by atoms with Gasteiger partial charge < -0.3 is 5.73 Å². The highest BCUT2D eigenvalue weighted by molar-refractivity contribution is 7.98. The molecule has 0 aliphatic rings. The van der Waals surface area contributed by atoms with Crippen LogP contribution in [0.1, 0.15) is 21.7 Å². The van der Waals surface area contributed by atoms with E-state index in [2.05, 4.69) is 35.8 Å². The number of rotatable bonds is 7. The Kier molecular flexibility index (Phi) is 6.69. The van der Waals surface area contributed by atoms with Gasteiger partial charge in [0, 0.05) is 16.2 Å². The fourth-order valence-electron chi connectivity index (χ4n) is 2.62. The third-order valence-corrected chi connectivity index (χ3v) is 6.00. The normalized spacial score (nSPS) is 11.2. The maximum atomic E-state index is 12.8. The molecule has 0 saturated heterocycles. The van der Waals surface area contributed by atoms with Crippen LogP contribution in [0.15, 0.2) is 63.2 Å². The van der Waals surface area contributed by atoms with Gasteiger partial charge in [0.2, 0.25) is 11.6 Å². The van der Waals surface area contributed by atoms with Crippen LogP contribution >= 0.6 is 35.0 Å². The minimum absolute atomic E-state index is 0.0152. The molecule has 4 rings (SSSR count). The lowest BCUT2D eigenvalue weighted by Gasteiger charge is -2.06. The number of nitrogen functional groups attached to an aromatic ring is 1. The van der Waals surface area contributed by atoms with Crippen molar-refractivity contribution in [1.29, 1.82) is 0 Å². The van der Waals surface area contributed by atoms with Crippen molar-refractivity contribution < 1.29 is 9.42 Å². The molecule has 0 unspecified atom stereocenters. The third kappa shape index (κ3) is 4.74. The largest absolute Gasteiger partial charge is 0.378 e. The summed E-state index contributed by atoms with van der Waals surface area (Å²) in [6.45, 7) is 0. The summed E-state index contributed by atoms with van der Waals surface area (Å²) < 4.78 is 5.97. The fraction of sp³-hybridized carbons (Fsp3) is 0.0526. The lowest BCUT2D eigenvalue weighted by molar-refractivity contribution is 0.0949. The van der Waals surface area contributed by atoms with Gasteiger partial charge >= 0.3 is 0 Å². The van der Waals surface area contributed by atoms with E-state index >= 15 is 0 Å². The molecule has 10 nitrogen and oxygen atoms in total. The van der Waals surface area contributed by atoms with E-state index in [0.717, 1.165) is 4.90 Å². The van der Waals surface area contributed by atoms with E-state index in [0.29, 0.717) is 27.1 Å². The van der Waals surface area contributed by atoms with E-state index < -0.39 is 5.91 Å². The Hall–Kier alpha value is -3.41. The first-order valence-corrected chi connectivity index (χ1v) is 10.8. The molecule has 0 radical (unpaired) electrons. The van der Waals surface area contributed by atoms with Gasteiger partial charge in [-0.1, -0.05) is 58.7 Å². The minimum atomic E-state index is -0.579. The fourth-order valence-corrected chi connectivity index (χ4v) is 3.89. The van der Waals surface area contributed by atoms with Gasteiger partial charge in [-0.05, 0) is 28.5 Å². The number of nitrogens with one attached hydrogen (secondary N) is 1. The first-order valence-electron chi connectivity index (χ1n) is 9.03. The first-order chi connectivity index (χ1) is 15.5. The van der Waals surface area contributed by atoms with Crippen LogP contribution in [0.3, 0.4) is 0 Å². The summed E-state index contributed by atoms with van der Waals surface area (Å²) in [6, 6.07) is 14.7. The summed E-state index contributed by atoms with van der Waals surface area (Å²) in [4.78, 5) is 13.8. The Morgan fingerprint density at radius 3 is 2.75 bits per heavy atom. The van der Waals surface area contributed by atoms with Crippen molar-refractivity contribution in [2.45, 2.75) is 10.6 Å². The summed E-state index contributed by atoms with van der Waals surface area (Å²) in [5.41, 5.74) is 9.25. The van der Waals surface area contributed by atoms with Gasteiger partial charge in [0.25, 0.3) is 5.91 Å². The summed E-state index contributed by atoms with van der Waals surface area (Å²) in [6.07, 6.45) is 1.38. The van der Waals surface area contributed by atoms with E-state index in [1.807, 2.05) is 30.3 Å². The average Bonchev–Trinajstić information content (AvgIpc) is 3.41. The molecule has 2 heterocycles. The number of anilines is 1. The second-order valence-corrected chi connectivity index (χ2v) is 8.05. The molecule has 4 aromatic rings. The summed E-state index contributed by atoms with van der Waals surface area (Å²) in [7, 11) is 0. The van der Waals surface area contributed by atoms with Gasteiger partial charge in [-0.25, -0.2) is 10.1 Å². The van der Waals surface area contributed by atoms with Crippen LogP contribution in [0.25, 0.3) is 5.82 Å². The molecule has 0 bridgehead atoms. The van der Waals surface area contributed by atoms with Gasteiger partial charge in [-0.3, -0.25) is 4.79 Å². The van der Waals surface area contributed by atoms with Crippen LogP contribution in [0.5, 0.6) is 0 Å². The molecule has 2 aromatic carbocycles. The van der Waals surface area contributed by atoms with Gasteiger partial charge in [0.15, 0.2) is 5.69 Å². The standard InChI is InChI=1S/C19H14Cl2N8O2S/c20-13-8-4-5-11(15(13)21)9-23-25-19(30)16-14(10-32-12-6-2-1-3-7-12)29(28-24-16)18-17(22)26-31-27-18/h1-9H,10H2,(H2,22,26)(H,25,30). The Bertz CT molecular complexity index is 1280. The molecule has 0 atom stereocenters. The average molecular weight is 489 g/mol. The predicted octanol–water partition coefficient (Wildman–Crippen LogP) is 3.60. The van der Waals surface area contributed by atoms with Crippen molar-refractivity contribution in [3.8, 4) is 5.82 Å². The van der Waals surface area contributed by atoms with Crippen molar-refractivity contribution in [3.05, 3.63) is 75.5 Å². The molecular formula is C19H14Cl2N8O2S. The van der Waals surface area contributed by atoms with Gasteiger partial charge in [0.05, 0.1) is 22.0 Å². The molecule has 0 spiro atoms. The lowest BCUT2D eigenvalue weighted by Crippen LogP contribution is -2.20. The Morgan fingerprint density at radius 1 is 1.19 bits per heavy atom. The summed E-state index contributed by atoms with van der Waals surface area (Å²) in [5, 5.41) is 19.9. The van der Waals surface area contributed by atoms with Crippen LogP contribution in [0.4, 0.5) is 5.82 Å². The number of amides is 1. The summed E-state index contributed by atoms with van der Waals surface area (Å²) >= 11 is 13.6. The number of hydrogen-bond acceptors (Lipinski definition) is 9. The minimum Gasteiger partial charge on any atom is -0.378 e. The highest BCUT2D eigenvalue weighted by Crippen LogP contribution is 2.26. The maximum absolute atomic E-state index is 12.8. The molecule has 0 saturated carbocycles. The van der Waals surface area contributed by atoms with Crippen molar-refractivity contribution in [3.63, 3.8) is 0 Å². The first kappa shape index (κ1) is 21.8. The van der Waals surface area contributed by atoms with E-state index in [4.69, 9.17) is 28.9 Å². The number of carbonyl (C=O) groups is 1. The zero-order valence-corrected chi connectivity index (χ0v) is 18.5. The topological polar surface area (TPSA) is 137 Å². The number of hydrogen-bond donors (Lipinski definition) is 2. The van der Waals surface area contributed by atoms with Crippen LogP contribution in [0, 0.1) is 0 Å². The molecule has 1 amide bonds. The van der Waals surface area contributed by atoms with Crippen LogP contribution < -0.4 is 11.2 Å². The number of benzene rings is 2. The highest BCUT2D eigenvalue weighted by atomic mass is 35.5. The van der Waals surface area contributed by atoms with Gasteiger partial charge in [-0.2, -0.15) is 9.78 Å². The molecule has 0 aliphatic carbocycles. The van der Waals surface area contributed by atoms with Crippen LogP contribution in [0.2, 0.25) is 10.0 Å². The Balaban J connectivity index is 1.58. The van der Waals surface area contributed by atoms with Crippen LogP contribution in [-0.2, 0) is 5.75 Å². The number of nitrogens with two attached hydrogens (primary N) is 1. The van der Waals surface area contributed by atoms with Gasteiger partial charge in [0.1, 0.15) is 0 Å². The van der Waals surface area contributed by atoms with E-state index in [-0.39, 0.29) is 17.3 Å². The Morgan fingerprint density at radius 2 is 2.00 bits per heavy atom.